The van der Waals surface area contributed by atoms with Gasteiger partial charge < -0.3 is 14.4 Å². The van der Waals surface area contributed by atoms with Gasteiger partial charge in [-0.15, -0.1) is 0 Å². The molecule has 3 aromatic rings. The molecule has 0 radical (unpaired) electrons. The van der Waals surface area contributed by atoms with E-state index in [9.17, 15) is 5.11 Å². The van der Waals surface area contributed by atoms with Gasteiger partial charge in [0.1, 0.15) is 18.5 Å². The molecule has 5 heteroatoms. The van der Waals surface area contributed by atoms with E-state index in [1.807, 2.05) is 28.8 Å². The van der Waals surface area contributed by atoms with Crippen LogP contribution in [0.3, 0.4) is 0 Å². The van der Waals surface area contributed by atoms with Crippen LogP contribution in [0.4, 0.5) is 0 Å². The first kappa shape index (κ1) is 17.0. The highest BCUT2D eigenvalue weighted by Gasteiger charge is 2.11. The van der Waals surface area contributed by atoms with E-state index in [1.165, 1.54) is 11.1 Å². The first-order chi connectivity index (χ1) is 12.1. The monoisotopic (exact) mass is 335 g/mol. The number of fused-ring (bicyclic) bond motifs is 1. The molecule has 5 nitrogen and oxygen atoms in total. The van der Waals surface area contributed by atoms with Crippen LogP contribution in [0.2, 0.25) is 0 Å². The Kier molecular flexibility index (Phi) is 5.01. The first-order valence-electron chi connectivity index (χ1n) is 8.25. The van der Waals surface area contributed by atoms with E-state index in [0.29, 0.717) is 18.7 Å². The van der Waals surface area contributed by atoms with E-state index in [4.69, 9.17) is 10.00 Å². The predicted molar refractivity (Wildman–Crippen MR) is 96.5 cm³/mol. The Balaban J connectivity index is 1.62. The molecule has 0 spiro atoms. The zero-order valence-electron chi connectivity index (χ0n) is 14.4. The molecule has 3 rings (SSSR count). The first-order valence-corrected chi connectivity index (χ1v) is 8.25. The van der Waals surface area contributed by atoms with Crippen molar-refractivity contribution in [2.75, 3.05) is 6.61 Å². The van der Waals surface area contributed by atoms with Crippen molar-refractivity contribution in [1.82, 2.24) is 9.55 Å². The van der Waals surface area contributed by atoms with Crippen LogP contribution in [-0.2, 0) is 13.0 Å². The zero-order chi connectivity index (χ0) is 17.8. The Bertz CT molecular complexity index is 907. The number of nitrogens with zero attached hydrogens (tertiary/aromatic N) is 3. The van der Waals surface area contributed by atoms with Crippen LogP contribution < -0.4 is 4.74 Å². The number of aryl methyl sites for hydroxylation is 2. The summed E-state index contributed by atoms with van der Waals surface area (Å²) in [6.07, 6.45) is 1.50. The third-order valence-electron chi connectivity index (χ3n) is 4.29. The van der Waals surface area contributed by atoms with E-state index in [2.05, 4.69) is 37.0 Å². The number of hydrogen-bond donors (Lipinski definition) is 1. The number of rotatable bonds is 6. The molecule has 1 heterocycles. The van der Waals surface area contributed by atoms with Crippen molar-refractivity contribution in [2.45, 2.75) is 32.9 Å². The molecule has 0 amide bonds. The quantitative estimate of drug-likeness (QED) is 0.751. The van der Waals surface area contributed by atoms with Crippen molar-refractivity contribution in [2.24, 2.45) is 0 Å². The summed E-state index contributed by atoms with van der Waals surface area (Å²) >= 11 is 0. The molecule has 0 fully saturated rings. The van der Waals surface area contributed by atoms with Crippen LogP contribution in [0.15, 0.2) is 42.7 Å². The number of aliphatic hydroxyl groups is 1. The lowest BCUT2D eigenvalue weighted by Gasteiger charge is -2.14. The van der Waals surface area contributed by atoms with Crippen molar-refractivity contribution < 1.29 is 9.84 Å². The van der Waals surface area contributed by atoms with Crippen LogP contribution in [0.25, 0.3) is 11.0 Å². The summed E-state index contributed by atoms with van der Waals surface area (Å²) in [5.41, 5.74) is 5.32. The second kappa shape index (κ2) is 7.37. The molecule has 0 aliphatic heterocycles. The Hall–Kier alpha value is -2.84. The highest BCUT2D eigenvalue weighted by Crippen LogP contribution is 2.19. The fourth-order valence-electron chi connectivity index (χ4n) is 2.73. The van der Waals surface area contributed by atoms with Crippen molar-refractivity contribution in [3.8, 4) is 11.8 Å². The van der Waals surface area contributed by atoms with E-state index >= 15 is 0 Å². The molecule has 0 aliphatic carbocycles. The second-order valence-electron chi connectivity index (χ2n) is 6.27. The van der Waals surface area contributed by atoms with E-state index in [0.717, 1.165) is 16.6 Å². The maximum atomic E-state index is 10.3. The summed E-state index contributed by atoms with van der Waals surface area (Å²) in [7, 11) is 0. The van der Waals surface area contributed by atoms with Crippen LogP contribution in [0.5, 0.6) is 5.75 Å². The molecule has 0 saturated carbocycles. The van der Waals surface area contributed by atoms with Crippen molar-refractivity contribution in [1.29, 1.82) is 5.26 Å². The standard InChI is InChI=1S/C20H21N3O2/c1-14-9-19-20(10-15(14)2)23(13-22-19)11-17(24)12-25-18-5-3-16(4-6-18)7-8-21/h3-6,9-10,13,17,24H,7,11-12H2,1-2H3. The van der Waals surface area contributed by atoms with Gasteiger partial charge in [-0.25, -0.2) is 4.98 Å². The minimum Gasteiger partial charge on any atom is -0.491 e. The van der Waals surface area contributed by atoms with Crippen LogP contribution in [0.1, 0.15) is 16.7 Å². The smallest absolute Gasteiger partial charge is 0.119 e. The SMILES string of the molecule is Cc1cc2ncn(CC(O)COc3ccc(CC#N)cc3)c2cc1C. The molecule has 25 heavy (non-hydrogen) atoms. The van der Waals surface area contributed by atoms with Crippen molar-refractivity contribution in [3.05, 3.63) is 59.4 Å². The number of aliphatic hydroxyl groups excluding tert-OH is 1. The lowest BCUT2D eigenvalue weighted by atomic mass is 10.1. The Morgan fingerprint density at radius 3 is 2.64 bits per heavy atom. The highest BCUT2D eigenvalue weighted by molar-refractivity contribution is 5.77. The number of ether oxygens (including phenoxy) is 1. The third-order valence-corrected chi connectivity index (χ3v) is 4.29. The minimum atomic E-state index is -0.641. The van der Waals surface area contributed by atoms with Crippen molar-refractivity contribution in [3.63, 3.8) is 0 Å². The van der Waals surface area contributed by atoms with Gasteiger partial charge in [0.2, 0.25) is 0 Å². The number of benzene rings is 2. The van der Waals surface area contributed by atoms with Gasteiger partial charge in [-0.05, 0) is 54.8 Å². The highest BCUT2D eigenvalue weighted by atomic mass is 16.5. The van der Waals surface area contributed by atoms with Gasteiger partial charge >= 0.3 is 0 Å². The lowest BCUT2D eigenvalue weighted by Crippen LogP contribution is -2.23. The molecule has 1 atom stereocenters. The normalized spacial score (nSPS) is 12.1. The molecule has 2 aromatic carbocycles. The molecule has 1 N–H and O–H groups in total. The van der Waals surface area contributed by atoms with E-state index < -0.39 is 6.10 Å². The average Bonchev–Trinajstić information content (AvgIpc) is 2.97. The van der Waals surface area contributed by atoms with Gasteiger partial charge in [-0.1, -0.05) is 12.1 Å². The molecule has 1 aromatic heterocycles. The third kappa shape index (κ3) is 3.98. The summed E-state index contributed by atoms with van der Waals surface area (Å²) in [5.74, 6) is 0.683. The number of hydrogen-bond acceptors (Lipinski definition) is 4. The molecule has 0 saturated heterocycles. The number of imidazole rings is 1. The Morgan fingerprint density at radius 1 is 1.20 bits per heavy atom. The molecular formula is C20H21N3O2. The fraction of sp³-hybridized carbons (Fsp3) is 0.300. The van der Waals surface area contributed by atoms with Gasteiger partial charge in [0, 0.05) is 0 Å². The van der Waals surface area contributed by atoms with Crippen molar-refractivity contribution >= 4 is 11.0 Å². The van der Waals surface area contributed by atoms with Gasteiger partial charge in [-0.3, -0.25) is 0 Å². The lowest BCUT2D eigenvalue weighted by molar-refractivity contribution is 0.0934. The summed E-state index contributed by atoms with van der Waals surface area (Å²) in [5, 5.41) is 19.0. The van der Waals surface area contributed by atoms with Crippen LogP contribution >= 0.6 is 0 Å². The molecule has 128 valence electrons. The molecular weight excluding hydrogens is 314 g/mol. The summed E-state index contributed by atoms with van der Waals surface area (Å²) in [4.78, 5) is 4.40. The average molecular weight is 335 g/mol. The summed E-state index contributed by atoms with van der Waals surface area (Å²) in [6.45, 7) is 4.76. The molecule has 0 bridgehead atoms. The fourth-order valence-corrected chi connectivity index (χ4v) is 2.73. The summed E-state index contributed by atoms with van der Waals surface area (Å²) in [6, 6.07) is 13.6. The topological polar surface area (TPSA) is 71.1 Å². The van der Waals surface area contributed by atoms with E-state index in [-0.39, 0.29) is 6.61 Å². The Labute approximate surface area is 147 Å². The minimum absolute atomic E-state index is 0.197. The number of nitriles is 1. The largest absolute Gasteiger partial charge is 0.491 e. The van der Waals surface area contributed by atoms with E-state index in [1.54, 1.807) is 6.33 Å². The van der Waals surface area contributed by atoms with Gasteiger partial charge in [0.05, 0.1) is 36.4 Å². The van der Waals surface area contributed by atoms with Gasteiger partial charge in [0.25, 0.3) is 0 Å². The Morgan fingerprint density at radius 2 is 1.92 bits per heavy atom. The zero-order valence-corrected chi connectivity index (χ0v) is 14.4. The van der Waals surface area contributed by atoms with Gasteiger partial charge in [0.15, 0.2) is 0 Å². The van der Waals surface area contributed by atoms with Crippen LogP contribution in [-0.4, -0.2) is 27.4 Å². The number of aromatic nitrogens is 2. The predicted octanol–water partition coefficient (Wildman–Crippen LogP) is 3.16. The molecule has 0 aliphatic rings. The van der Waals surface area contributed by atoms with Gasteiger partial charge in [-0.2, -0.15) is 5.26 Å². The maximum Gasteiger partial charge on any atom is 0.119 e. The van der Waals surface area contributed by atoms with Crippen LogP contribution in [0, 0.1) is 25.2 Å². The maximum absolute atomic E-state index is 10.3. The second-order valence-corrected chi connectivity index (χ2v) is 6.27. The summed E-state index contributed by atoms with van der Waals surface area (Å²) < 4.78 is 7.59. The molecule has 1 unspecified atom stereocenters.